The number of hydrogen-bond acceptors (Lipinski definition) is 4. The van der Waals surface area contributed by atoms with Crippen molar-refractivity contribution in [3.63, 3.8) is 0 Å². The van der Waals surface area contributed by atoms with Gasteiger partial charge in [0.05, 0.1) is 5.02 Å². The Balaban J connectivity index is 2.54. The number of hydrogen-bond donors (Lipinski definition) is 1. The number of pyridine rings is 1. The first kappa shape index (κ1) is 14.6. The fourth-order valence-corrected chi connectivity index (χ4v) is 3.42. The van der Waals surface area contributed by atoms with Crippen LogP contribution in [0.15, 0.2) is 41.4 Å². The average Bonchev–Trinajstić information content (AvgIpc) is 2.42. The Hall–Kier alpha value is -1.79. The highest BCUT2D eigenvalue weighted by Gasteiger charge is 2.25. The summed E-state index contributed by atoms with van der Waals surface area (Å²) in [6.45, 7) is 1.76. The second-order valence-corrected chi connectivity index (χ2v) is 6.64. The molecule has 0 saturated carbocycles. The summed E-state index contributed by atoms with van der Waals surface area (Å²) < 4.78 is 26.2. The number of nitrogens with two attached hydrogens (primary N) is 1. The lowest BCUT2D eigenvalue weighted by Gasteiger charge is -2.19. The molecule has 0 fully saturated rings. The summed E-state index contributed by atoms with van der Waals surface area (Å²) in [6.07, 6.45) is 1.52. The number of nitrogens with zero attached hydrogens (tertiary/aromatic N) is 2. The molecule has 1 heterocycles. The van der Waals surface area contributed by atoms with Crippen molar-refractivity contribution in [1.82, 2.24) is 4.98 Å². The molecule has 5 nitrogen and oxygen atoms in total. The van der Waals surface area contributed by atoms with Crippen LogP contribution in [-0.2, 0) is 10.0 Å². The first-order valence-corrected chi connectivity index (χ1v) is 7.61. The van der Waals surface area contributed by atoms with Crippen LogP contribution in [0.25, 0.3) is 0 Å². The van der Waals surface area contributed by atoms with Gasteiger partial charge in [0.25, 0.3) is 10.0 Å². The maximum absolute atomic E-state index is 12.6. The lowest BCUT2D eigenvalue weighted by Crippen LogP contribution is -2.27. The van der Waals surface area contributed by atoms with Gasteiger partial charge in [-0.25, -0.2) is 13.4 Å². The van der Waals surface area contributed by atoms with E-state index in [0.717, 1.165) is 9.87 Å². The summed E-state index contributed by atoms with van der Waals surface area (Å²) in [6, 6.07) is 7.92. The topological polar surface area (TPSA) is 76.3 Å². The van der Waals surface area contributed by atoms with E-state index < -0.39 is 10.0 Å². The van der Waals surface area contributed by atoms with E-state index in [-0.39, 0.29) is 9.92 Å². The van der Waals surface area contributed by atoms with Crippen molar-refractivity contribution in [2.45, 2.75) is 11.8 Å². The van der Waals surface area contributed by atoms with Crippen molar-refractivity contribution in [3.8, 4) is 0 Å². The Bertz CT molecular complexity index is 733. The van der Waals surface area contributed by atoms with E-state index in [4.69, 9.17) is 17.3 Å². The molecule has 2 rings (SSSR count). The molecule has 0 unspecified atom stereocenters. The summed E-state index contributed by atoms with van der Waals surface area (Å²) in [5.74, 6) is 0.308. The van der Waals surface area contributed by atoms with Gasteiger partial charge in [-0.15, -0.1) is 0 Å². The maximum atomic E-state index is 12.6. The van der Waals surface area contributed by atoms with E-state index >= 15 is 0 Å². The van der Waals surface area contributed by atoms with Gasteiger partial charge < -0.3 is 5.73 Å². The number of aromatic nitrogens is 1. The molecular formula is C13H14ClN3O2S. The van der Waals surface area contributed by atoms with E-state index in [9.17, 15) is 8.42 Å². The van der Waals surface area contributed by atoms with E-state index in [2.05, 4.69) is 4.98 Å². The van der Waals surface area contributed by atoms with Crippen molar-refractivity contribution in [2.75, 3.05) is 17.1 Å². The number of aryl methyl sites for hydroxylation is 1. The molecule has 0 atom stereocenters. The summed E-state index contributed by atoms with van der Waals surface area (Å²) in [4.78, 5) is 3.98. The van der Waals surface area contributed by atoms with Crippen molar-refractivity contribution in [3.05, 3.63) is 47.1 Å². The molecule has 7 heteroatoms. The van der Waals surface area contributed by atoms with Crippen LogP contribution in [-0.4, -0.2) is 20.4 Å². The molecular weight excluding hydrogens is 298 g/mol. The van der Waals surface area contributed by atoms with E-state index in [0.29, 0.717) is 11.5 Å². The third-order valence-electron chi connectivity index (χ3n) is 2.93. The van der Waals surface area contributed by atoms with Gasteiger partial charge in [0, 0.05) is 18.9 Å². The van der Waals surface area contributed by atoms with Crippen LogP contribution < -0.4 is 10.0 Å². The van der Waals surface area contributed by atoms with Crippen molar-refractivity contribution in [1.29, 1.82) is 0 Å². The predicted molar refractivity (Wildman–Crippen MR) is 80.4 cm³/mol. The van der Waals surface area contributed by atoms with Crippen LogP contribution >= 0.6 is 11.6 Å². The molecule has 0 amide bonds. The highest BCUT2D eigenvalue weighted by Crippen LogP contribution is 2.30. The molecule has 0 aliphatic heterocycles. The fraction of sp³-hybridized carbons (Fsp3) is 0.154. The van der Waals surface area contributed by atoms with Crippen LogP contribution in [0.2, 0.25) is 5.02 Å². The van der Waals surface area contributed by atoms with Gasteiger partial charge in [0.1, 0.15) is 10.7 Å². The van der Waals surface area contributed by atoms with Crippen molar-refractivity contribution in [2.24, 2.45) is 0 Å². The first-order chi connectivity index (χ1) is 9.34. The monoisotopic (exact) mass is 311 g/mol. The second-order valence-electron chi connectivity index (χ2n) is 4.30. The average molecular weight is 312 g/mol. The fourth-order valence-electron chi connectivity index (χ4n) is 1.68. The van der Waals surface area contributed by atoms with Crippen LogP contribution in [0.3, 0.4) is 0 Å². The van der Waals surface area contributed by atoms with Gasteiger partial charge >= 0.3 is 0 Å². The third kappa shape index (κ3) is 2.57. The zero-order valence-electron chi connectivity index (χ0n) is 11.0. The molecule has 20 heavy (non-hydrogen) atoms. The molecule has 0 aliphatic carbocycles. The van der Waals surface area contributed by atoms with E-state index in [1.165, 1.54) is 25.4 Å². The molecule has 1 aromatic heterocycles. The zero-order valence-corrected chi connectivity index (χ0v) is 12.6. The highest BCUT2D eigenvalue weighted by atomic mass is 35.5. The van der Waals surface area contributed by atoms with E-state index in [1.807, 2.05) is 0 Å². The quantitative estimate of drug-likeness (QED) is 0.883. The Morgan fingerprint density at radius 1 is 1.30 bits per heavy atom. The van der Waals surface area contributed by atoms with Crippen LogP contribution in [0.1, 0.15) is 5.56 Å². The maximum Gasteiger partial charge on any atom is 0.266 e. The Morgan fingerprint density at radius 3 is 2.60 bits per heavy atom. The molecule has 0 spiro atoms. The normalized spacial score (nSPS) is 11.3. The minimum absolute atomic E-state index is 0.0320. The minimum atomic E-state index is -3.80. The molecule has 0 aliphatic rings. The summed E-state index contributed by atoms with van der Waals surface area (Å²) in [7, 11) is -2.38. The second kappa shape index (κ2) is 5.30. The number of sulfonamides is 1. The number of nitrogen functional groups attached to an aromatic ring is 1. The smallest absolute Gasteiger partial charge is 0.266 e. The van der Waals surface area contributed by atoms with E-state index in [1.54, 1.807) is 25.1 Å². The molecule has 0 saturated heterocycles. The molecule has 2 aromatic rings. The number of halogens is 1. The number of rotatable bonds is 3. The van der Waals surface area contributed by atoms with Gasteiger partial charge in [0.15, 0.2) is 0 Å². The minimum Gasteiger partial charge on any atom is -0.398 e. The van der Waals surface area contributed by atoms with Crippen molar-refractivity contribution >= 4 is 33.1 Å². The SMILES string of the molecule is Cc1cc(Cl)c(S(=O)(=O)N(C)c2ccccn2)cc1N. The molecule has 0 radical (unpaired) electrons. The van der Waals surface area contributed by atoms with Gasteiger partial charge in [-0.05, 0) is 36.8 Å². The lowest BCUT2D eigenvalue weighted by molar-refractivity contribution is 0.594. The molecule has 106 valence electrons. The predicted octanol–water partition coefficient (Wildman–Crippen LogP) is 2.45. The third-order valence-corrected chi connectivity index (χ3v) is 5.16. The Morgan fingerprint density at radius 2 is 2.00 bits per heavy atom. The first-order valence-electron chi connectivity index (χ1n) is 5.79. The Kier molecular flexibility index (Phi) is 3.87. The summed E-state index contributed by atoms with van der Waals surface area (Å²) in [5, 5.41) is 0.138. The molecule has 2 N–H and O–H groups in total. The van der Waals surface area contributed by atoms with Gasteiger partial charge in [0.2, 0.25) is 0 Å². The highest BCUT2D eigenvalue weighted by molar-refractivity contribution is 7.93. The van der Waals surface area contributed by atoms with Crippen LogP contribution in [0.5, 0.6) is 0 Å². The standard InChI is InChI=1S/C13H14ClN3O2S/c1-9-7-10(14)12(8-11(9)15)20(18,19)17(2)13-5-3-4-6-16-13/h3-8H,15H2,1-2H3. The number of anilines is 2. The van der Waals surface area contributed by atoms with Gasteiger partial charge in [-0.1, -0.05) is 17.7 Å². The Labute approximate surface area is 123 Å². The number of benzene rings is 1. The van der Waals surface area contributed by atoms with Crippen molar-refractivity contribution < 1.29 is 8.42 Å². The van der Waals surface area contributed by atoms with Gasteiger partial charge in [-0.2, -0.15) is 0 Å². The van der Waals surface area contributed by atoms with Crippen LogP contribution in [0, 0.1) is 6.92 Å². The molecule has 0 bridgehead atoms. The summed E-state index contributed by atoms with van der Waals surface area (Å²) >= 11 is 6.04. The largest absolute Gasteiger partial charge is 0.398 e. The van der Waals surface area contributed by atoms with Gasteiger partial charge in [-0.3, -0.25) is 4.31 Å². The zero-order chi connectivity index (χ0) is 14.9. The molecule has 1 aromatic carbocycles. The lowest BCUT2D eigenvalue weighted by atomic mass is 10.2. The van der Waals surface area contributed by atoms with Crippen LogP contribution in [0.4, 0.5) is 11.5 Å². The summed E-state index contributed by atoms with van der Waals surface area (Å²) in [5.41, 5.74) is 6.88.